The molecule has 9 nitrogen and oxygen atoms in total. The fourth-order valence-electron chi connectivity index (χ4n) is 6.06. The van der Waals surface area contributed by atoms with E-state index in [0.717, 1.165) is 13.5 Å². The molecule has 1 unspecified atom stereocenters. The van der Waals surface area contributed by atoms with Crippen LogP contribution < -0.4 is 49.7 Å². The van der Waals surface area contributed by atoms with Crippen LogP contribution in [0.25, 0.3) is 0 Å². The van der Waals surface area contributed by atoms with Crippen molar-refractivity contribution in [3.05, 3.63) is 59.7 Å². The van der Waals surface area contributed by atoms with E-state index in [2.05, 4.69) is 20.1 Å². The molecule has 0 bridgehead atoms. The number of benzene rings is 2. The number of alkyl halides is 8. The summed E-state index contributed by atoms with van der Waals surface area (Å²) < 4.78 is 110. The van der Waals surface area contributed by atoms with Gasteiger partial charge in [0.1, 0.15) is 17.3 Å². The minimum absolute atomic E-state index is 0. The van der Waals surface area contributed by atoms with Gasteiger partial charge in [0, 0.05) is 47.1 Å². The third-order valence-corrected chi connectivity index (χ3v) is 8.74. The summed E-state index contributed by atoms with van der Waals surface area (Å²) in [6.45, 7) is -2.10. The van der Waals surface area contributed by atoms with Gasteiger partial charge in [-0.05, 0) is 54.2 Å². The molecule has 2 amide bonds. The van der Waals surface area contributed by atoms with Gasteiger partial charge in [0.2, 0.25) is 23.7 Å². The van der Waals surface area contributed by atoms with Crippen molar-refractivity contribution in [1.29, 1.82) is 0 Å². The van der Waals surface area contributed by atoms with Crippen molar-refractivity contribution in [2.24, 2.45) is 11.8 Å². The second-order valence-electron chi connectivity index (χ2n) is 13.1. The van der Waals surface area contributed by atoms with Gasteiger partial charge in [-0.1, -0.05) is 51.0 Å². The maximum Gasteiger partial charge on any atom is 1.00 e. The molecule has 2 fully saturated rings. The third kappa shape index (κ3) is 18.6. The van der Waals surface area contributed by atoms with Gasteiger partial charge in [0.05, 0.1) is 31.0 Å². The average Bonchev–Trinajstić information content (AvgIpc) is 3.06. The van der Waals surface area contributed by atoms with Crippen LogP contribution in [0.3, 0.4) is 0 Å². The Morgan fingerprint density at radius 2 is 1.18 bits per heavy atom. The molecule has 2 aliphatic rings. The first kappa shape index (κ1) is 53.1. The van der Waals surface area contributed by atoms with E-state index >= 15 is 0 Å². The Balaban J connectivity index is 0. The van der Waals surface area contributed by atoms with Gasteiger partial charge in [-0.2, -0.15) is 17.6 Å². The second-order valence-corrected chi connectivity index (χ2v) is 13.1. The van der Waals surface area contributed by atoms with Crippen molar-refractivity contribution < 1.29 is 100 Å². The number of halogens is 8. The van der Waals surface area contributed by atoms with Crippen molar-refractivity contribution in [2.45, 2.75) is 121 Å². The number of carbonyl (C=O) groups excluding carboxylic acids is 3. The molecule has 309 valence electrons. The van der Waals surface area contributed by atoms with E-state index in [1.165, 1.54) is 30.3 Å². The van der Waals surface area contributed by atoms with E-state index in [1.807, 2.05) is 13.8 Å². The molecular weight excluding hydrogens is 770 g/mol. The molecule has 0 heterocycles. The summed E-state index contributed by atoms with van der Waals surface area (Å²) in [5, 5.41) is 22.3. The zero-order valence-corrected chi connectivity index (χ0v) is 33.8. The topological polar surface area (TPSA) is 134 Å². The molecule has 2 aromatic rings. The first-order valence-electron chi connectivity index (χ1n) is 17.5. The first-order chi connectivity index (χ1) is 25.4. The summed E-state index contributed by atoms with van der Waals surface area (Å²) >= 11 is 0. The van der Waals surface area contributed by atoms with Crippen molar-refractivity contribution >= 4 is 26.0 Å². The molecule has 56 heavy (non-hydrogen) atoms. The minimum atomic E-state index is -2.96. The quantitative estimate of drug-likeness (QED) is 0.0980. The number of aliphatic hydroxyl groups is 2. The standard InChI is InChI=1S/C18H23F4NO3.C18H21F4NO3.CH4O.B.Na.H/c2*1-2-4-14(11-5-3-6-13(7-11)26-17(19)20)23-16(25)8-15(24)12-9-18(21,22)10-12;1-2;;;/h3,5-7,12,14-15,17,24H,2,4,8-10H2,1H3,(H,23,25);3,5-7,12,14,17H,2,4,8-10H2,1H3,(H,23,25);2H,1H3;;;/q;;;;+1;-1/t14-,15?;14-;;;;/m00..../s1. The second kappa shape index (κ2) is 25.4. The van der Waals surface area contributed by atoms with Crippen LogP contribution in [0.15, 0.2) is 48.5 Å². The van der Waals surface area contributed by atoms with E-state index in [-0.39, 0.29) is 57.3 Å². The number of hydrogen-bond donors (Lipinski definition) is 4. The van der Waals surface area contributed by atoms with Gasteiger partial charge < -0.3 is 31.7 Å². The molecule has 2 aromatic carbocycles. The van der Waals surface area contributed by atoms with Crippen LogP contribution in [0, 0.1) is 11.8 Å². The van der Waals surface area contributed by atoms with Crippen LogP contribution in [0.1, 0.15) is 103 Å². The molecule has 0 spiro atoms. The van der Waals surface area contributed by atoms with Crippen molar-refractivity contribution in [1.82, 2.24) is 10.6 Å². The zero-order chi connectivity index (χ0) is 40.6. The number of amides is 2. The summed E-state index contributed by atoms with van der Waals surface area (Å²) in [7, 11) is 1.00. The summed E-state index contributed by atoms with van der Waals surface area (Å²) in [4.78, 5) is 36.2. The molecule has 0 saturated heterocycles. The van der Waals surface area contributed by atoms with E-state index in [0.29, 0.717) is 30.4 Å². The summed E-state index contributed by atoms with van der Waals surface area (Å²) in [6.07, 6.45) is -1.18. The summed E-state index contributed by atoms with van der Waals surface area (Å²) in [5.74, 6) is -8.49. The molecule has 19 heteroatoms. The van der Waals surface area contributed by atoms with Crippen molar-refractivity contribution in [3.8, 4) is 11.5 Å². The number of hydrogen-bond acceptors (Lipinski definition) is 7. The van der Waals surface area contributed by atoms with Gasteiger partial charge in [-0.25, -0.2) is 17.6 Å². The third-order valence-electron chi connectivity index (χ3n) is 8.74. The molecule has 3 radical (unpaired) electrons. The fourth-order valence-corrected chi connectivity index (χ4v) is 6.06. The van der Waals surface area contributed by atoms with E-state index in [4.69, 9.17) is 5.11 Å². The molecule has 0 aromatic heterocycles. The maximum atomic E-state index is 12.9. The van der Waals surface area contributed by atoms with E-state index < -0.39 is 105 Å². The number of Topliss-reactive ketones (excluding diaryl/α,β-unsaturated/α-hetero) is 1. The SMILES string of the molecule is CCC[C@H](NC(=O)CC(=O)C1CC(F)(F)C1)c1cccc(OC(F)F)c1.CCC[C@H](NC(=O)CC(O)C1CC(F)(F)C1)c1cccc(OC(F)F)c1.CO.[B].[H-].[Na+]. The van der Waals surface area contributed by atoms with E-state index in [1.54, 1.807) is 18.2 Å². The van der Waals surface area contributed by atoms with Gasteiger partial charge in [-0.3, -0.25) is 14.4 Å². The Morgan fingerprint density at radius 3 is 1.55 bits per heavy atom. The van der Waals surface area contributed by atoms with Crippen LogP contribution in [-0.2, 0) is 14.4 Å². The number of nitrogens with one attached hydrogen (secondary N) is 2. The Labute approximate surface area is 347 Å². The van der Waals surface area contributed by atoms with Gasteiger partial charge >= 0.3 is 42.8 Å². The minimum Gasteiger partial charge on any atom is -1.00 e. The maximum absolute atomic E-state index is 12.9. The van der Waals surface area contributed by atoms with Gasteiger partial charge in [0.25, 0.3) is 0 Å². The Morgan fingerprint density at radius 1 is 0.768 bits per heavy atom. The summed E-state index contributed by atoms with van der Waals surface area (Å²) in [5.41, 5.74) is 1.17. The number of ketones is 1. The molecule has 2 aliphatic carbocycles. The predicted octanol–water partition coefficient (Wildman–Crippen LogP) is 4.64. The number of rotatable bonds is 18. The van der Waals surface area contributed by atoms with Crippen molar-refractivity contribution in [3.63, 3.8) is 0 Å². The van der Waals surface area contributed by atoms with Crippen LogP contribution in [0.2, 0.25) is 0 Å². The van der Waals surface area contributed by atoms with Gasteiger partial charge in [-0.15, -0.1) is 0 Å². The fraction of sp³-hybridized carbons (Fsp3) is 0.595. The predicted molar refractivity (Wildman–Crippen MR) is 188 cm³/mol. The van der Waals surface area contributed by atoms with Crippen LogP contribution >= 0.6 is 0 Å². The Kier molecular flexibility index (Phi) is 24.1. The van der Waals surface area contributed by atoms with Gasteiger partial charge in [0.15, 0.2) is 0 Å². The average molecular weight is 820 g/mol. The number of aliphatic hydroxyl groups excluding tert-OH is 2. The van der Waals surface area contributed by atoms with Crippen LogP contribution in [0.5, 0.6) is 11.5 Å². The molecule has 4 N–H and O–H groups in total. The molecular formula is C37H49BF8N2NaO7. The number of carbonyl (C=O) groups is 3. The van der Waals surface area contributed by atoms with Crippen molar-refractivity contribution in [2.75, 3.05) is 7.11 Å². The monoisotopic (exact) mass is 819 g/mol. The molecule has 2 saturated carbocycles. The van der Waals surface area contributed by atoms with Crippen LogP contribution in [0.4, 0.5) is 35.1 Å². The number of ether oxygens (including phenoxy) is 2. The largest absolute Gasteiger partial charge is 1.00 e. The zero-order valence-electron chi connectivity index (χ0n) is 32.8. The first-order valence-corrected chi connectivity index (χ1v) is 17.5. The normalized spacial score (nSPS) is 17.0. The Bertz CT molecular complexity index is 1490. The molecule has 0 aliphatic heterocycles. The Hall–Kier alpha value is -2.93. The molecule has 3 atom stereocenters. The smallest absolute Gasteiger partial charge is 1.00 e. The summed E-state index contributed by atoms with van der Waals surface area (Å²) in [6, 6.07) is 11.1. The van der Waals surface area contributed by atoms with Crippen LogP contribution in [-0.4, -0.2) is 74.5 Å². The molecule has 4 rings (SSSR count). The van der Waals surface area contributed by atoms with E-state index in [9.17, 15) is 54.6 Å².